The van der Waals surface area contributed by atoms with Gasteiger partial charge < -0.3 is 15.4 Å². The first-order valence-electron chi connectivity index (χ1n) is 9.91. The number of rotatable bonds is 3. The number of carbonyl (C=O) groups excluding carboxylic acids is 1. The van der Waals surface area contributed by atoms with Crippen LogP contribution in [0.1, 0.15) is 47.8 Å². The van der Waals surface area contributed by atoms with Crippen molar-refractivity contribution in [3.8, 4) is 5.75 Å². The van der Waals surface area contributed by atoms with Crippen LogP contribution in [-0.2, 0) is 6.42 Å². The van der Waals surface area contributed by atoms with E-state index < -0.39 is 0 Å². The summed E-state index contributed by atoms with van der Waals surface area (Å²) in [6, 6.07) is 10.9. The minimum atomic E-state index is -0.372. The van der Waals surface area contributed by atoms with Crippen LogP contribution in [0.5, 0.6) is 5.75 Å². The van der Waals surface area contributed by atoms with Crippen LogP contribution < -0.4 is 15.4 Å². The first-order valence-corrected chi connectivity index (χ1v) is 9.91. The zero-order valence-electron chi connectivity index (χ0n) is 16.2. The number of fused-ring (bicyclic) bond motifs is 3. The van der Waals surface area contributed by atoms with Crippen LogP contribution in [-0.4, -0.2) is 21.5 Å². The molecule has 1 unspecified atom stereocenters. The number of hydrogen-bond acceptors (Lipinski definition) is 4. The molecule has 1 aliphatic heterocycles. The van der Waals surface area contributed by atoms with E-state index in [1.807, 2.05) is 30.5 Å². The number of amides is 1. The predicted octanol–water partition coefficient (Wildman–Crippen LogP) is 4.30. The molecule has 2 aromatic heterocycles. The van der Waals surface area contributed by atoms with Gasteiger partial charge in [0.25, 0.3) is 0 Å². The monoisotopic (exact) mass is 376 g/mol. The second-order valence-electron chi connectivity index (χ2n) is 7.78. The van der Waals surface area contributed by atoms with Gasteiger partial charge in [-0.05, 0) is 45.1 Å². The Balaban J connectivity index is 1.56. The number of hydrogen-bond donors (Lipinski definition) is 2. The maximum absolute atomic E-state index is 12.3. The highest BCUT2D eigenvalue weighted by molar-refractivity contribution is 5.79. The summed E-state index contributed by atoms with van der Waals surface area (Å²) in [4.78, 5) is 17.1. The van der Waals surface area contributed by atoms with E-state index >= 15 is 0 Å². The lowest BCUT2D eigenvalue weighted by atomic mass is 9.93. The normalized spacial score (nSPS) is 18.4. The third-order valence-corrected chi connectivity index (χ3v) is 5.76. The van der Waals surface area contributed by atoms with Crippen LogP contribution >= 0.6 is 0 Å². The van der Waals surface area contributed by atoms with Crippen molar-refractivity contribution < 1.29 is 9.53 Å². The molecule has 3 heterocycles. The Labute approximate surface area is 163 Å². The number of imidazole rings is 1. The van der Waals surface area contributed by atoms with Crippen molar-refractivity contribution in [2.45, 2.75) is 51.6 Å². The molecule has 0 bridgehead atoms. The van der Waals surface area contributed by atoms with Gasteiger partial charge in [0.1, 0.15) is 0 Å². The van der Waals surface area contributed by atoms with E-state index in [0.717, 1.165) is 54.0 Å². The zero-order chi connectivity index (χ0) is 19.3. The molecular formula is C22H24N4O2. The lowest BCUT2D eigenvalue weighted by Gasteiger charge is -2.29. The van der Waals surface area contributed by atoms with Gasteiger partial charge in [-0.3, -0.25) is 4.40 Å². The molecule has 1 atom stereocenters. The summed E-state index contributed by atoms with van der Waals surface area (Å²) in [6.45, 7) is 4.04. The molecule has 1 saturated carbocycles. The van der Waals surface area contributed by atoms with Crippen molar-refractivity contribution in [3.05, 3.63) is 59.0 Å². The molecule has 1 amide bonds. The molecule has 2 N–H and O–H groups in total. The van der Waals surface area contributed by atoms with Crippen molar-refractivity contribution in [2.75, 3.05) is 5.32 Å². The molecule has 0 radical (unpaired) electrons. The average molecular weight is 376 g/mol. The first kappa shape index (κ1) is 17.1. The minimum Gasteiger partial charge on any atom is -0.408 e. The smallest absolute Gasteiger partial charge is 0.408 e. The molecule has 3 aromatic rings. The fourth-order valence-electron chi connectivity index (χ4n) is 3.90. The highest BCUT2D eigenvalue weighted by Crippen LogP contribution is 2.40. The summed E-state index contributed by atoms with van der Waals surface area (Å²) < 4.78 is 7.76. The Hall–Kier alpha value is -3.02. The number of pyridine rings is 1. The second-order valence-corrected chi connectivity index (χ2v) is 7.78. The largest absolute Gasteiger partial charge is 0.412 e. The molecule has 0 saturated heterocycles. The van der Waals surface area contributed by atoms with Gasteiger partial charge in [-0.1, -0.05) is 30.3 Å². The number of nitrogens with one attached hydrogen (secondary N) is 2. The van der Waals surface area contributed by atoms with E-state index in [2.05, 4.69) is 34.9 Å². The number of aromatic nitrogens is 2. The number of nitrogens with zero attached hydrogens (tertiary/aromatic N) is 2. The molecule has 1 aliphatic carbocycles. The summed E-state index contributed by atoms with van der Waals surface area (Å²) in [5.74, 6) is 0.611. The number of ether oxygens (including phenoxy) is 1. The van der Waals surface area contributed by atoms with Crippen LogP contribution in [0.2, 0.25) is 0 Å². The quantitative estimate of drug-likeness (QED) is 0.715. The van der Waals surface area contributed by atoms with Crippen molar-refractivity contribution >= 4 is 17.4 Å². The van der Waals surface area contributed by atoms with Gasteiger partial charge in [-0.2, -0.15) is 0 Å². The molecule has 1 aromatic carbocycles. The maximum atomic E-state index is 12.3. The zero-order valence-corrected chi connectivity index (χ0v) is 16.2. The molecular weight excluding hydrogens is 352 g/mol. The Kier molecular flexibility index (Phi) is 4.00. The van der Waals surface area contributed by atoms with Crippen LogP contribution in [0, 0.1) is 13.8 Å². The molecule has 28 heavy (non-hydrogen) atoms. The number of aryl methyl sites for hydroxylation is 2. The lowest BCUT2D eigenvalue weighted by molar-refractivity contribution is 0.199. The molecule has 6 nitrogen and oxygen atoms in total. The Bertz CT molecular complexity index is 1050. The highest BCUT2D eigenvalue weighted by atomic mass is 16.6. The summed E-state index contributed by atoms with van der Waals surface area (Å²) >= 11 is 0. The molecule has 5 rings (SSSR count). The topological polar surface area (TPSA) is 67.7 Å². The van der Waals surface area contributed by atoms with Crippen molar-refractivity contribution in [2.24, 2.45) is 0 Å². The van der Waals surface area contributed by atoms with Gasteiger partial charge in [-0.25, -0.2) is 9.78 Å². The van der Waals surface area contributed by atoms with E-state index in [4.69, 9.17) is 9.72 Å². The van der Waals surface area contributed by atoms with Gasteiger partial charge in [-0.15, -0.1) is 0 Å². The van der Waals surface area contributed by atoms with Gasteiger partial charge in [0.05, 0.1) is 23.6 Å². The van der Waals surface area contributed by atoms with Crippen molar-refractivity contribution in [3.63, 3.8) is 0 Å². The van der Waals surface area contributed by atoms with Gasteiger partial charge in [0, 0.05) is 17.3 Å². The fourth-order valence-corrected chi connectivity index (χ4v) is 3.90. The van der Waals surface area contributed by atoms with E-state index in [1.54, 1.807) is 0 Å². The predicted molar refractivity (Wildman–Crippen MR) is 108 cm³/mol. The fraction of sp³-hybridized carbons (Fsp3) is 0.364. The van der Waals surface area contributed by atoms with E-state index in [-0.39, 0.29) is 18.2 Å². The van der Waals surface area contributed by atoms with Gasteiger partial charge >= 0.3 is 6.09 Å². The van der Waals surface area contributed by atoms with Gasteiger partial charge in [0.15, 0.2) is 11.4 Å². The minimum absolute atomic E-state index is 0.213. The second kappa shape index (κ2) is 6.55. The molecule has 6 heteroatoms. The summed E-state index contributed by atoms with van der Waals surface area (Å²) in [5.41, 5.74) is 6.16. The number of anilines is 1. The summed E-state index contributed by atoms with van der Waals surface area (Å²) in [6.07, 6.45) is 5.37. The summed E-state index contributed by atoms with van der Waals surface area (Å²) in [5, 5.41) is 6.57. The van der Waals surface area contributed by atoms with Crippen molar-refractivity contribution in [1.82, 2.24) is 14.7 Å². The summed E-state index contributed by atoms with van der Waals surface area (Å²) in [7, 11) is 0. The van der Waals surface area contributed by atoms with Crippen LogP contribution in [0.15, 0.2) is 36.5 Å². The third kappa shape index (κ3) is 2.99. The molecule has 1 fully saturated rings. The third-order valence-electron chi connectivity index (χ3n) is 5.76. The standard InChI is InChI=1S/C22H24N4O2/c1-13-14(2)26-12-19(28-22(27)24-16-8-9-16)17-10-11-18(15-6-4-3-5-7-15)25-20(17)21(26)23-13/h3-7,12,16,18,25H,8-11H2,1-2H3,(H,24,27). The van der Waals surface area contributed by atoms with E-state index in [0.29, 0.717) is 5.75 Å². The molecule has 0 spiro atoms. The lowest BCUT2D eigenvalue weighted by Crippen LogP contribution is -2.29. The Morgan fingerprint density at radius 2 is 2.00 bits per heavy atom. The Morgan fingerprint density at radius 3 is 2.75 bits per heavy atom. The van der Waals surface area contributed by atoms with Crippen LogP contribution in [0.25, 0.3) is 5.65 Å². The van der Waals surface area contributed by atoms with Crippen LogP contribution in [0.4, 0.5) is 10.5 Å². The molecule has 2 aliphatic rings. The number of carbonyl (C=O) groups is 1. The van der Waals surface area contributed by atoms with E-state index in [1.165, 1.54) is 5.56 Å². The first-order chi connectivity index (χ1) is 13.6. The maximum Gasteiger partial charge on any atom is 0.412 e. The SMILES string of the molecule is Cc1nc2c3c(c(OC(=O)NC4CC4)cn2c1C)CCC(c1ccccc1)N3. The van der Waals surface area contributed by atoms with E-state index in [9.17, 15) is 4.79 Å². The highest BCUT2D eigenvalue weighted by Gasteiger charge is 2.29. The number of benzene rings is 1. The van der Waals surface area contributed by atoms with Gasteiger partial charge in [0.2, 0.25) is 0 Å². The Morgan fingerprint density at radius 1 is 1.21 bits per heavy atom. The molecule has 144 valence electrons. The van der Waals surface area contributed by atoms with Crippen molar-refractivity contribution in [1.29, 1.82) is 0 Å². The van der Waals surface area contributed by atoms with Crippen LogP contribution in [0.3, 0.4) is 0 Å². The average Bonchev–Trinajstić information content (AvgIpc) is 3.48.